The third-order valence-electron chi connectivity index (χ3n) is 5.22. The highest BCUT2D eigenvalue weighted by molar-refractivity contribution is 7.17. The summed E-state index contributed by atoms with van der Waals surface area (Å²) in [6.07, 6.45) is 2.33. The van der Waals surface area contributed by atoms with Gasteiger partial charge in [0.05, 0.1) is 31.0 Å². The molecular weight excluding hydrogens is 384 g/mol. The minimum absolute atomic E-state index is 0.0224. The van der Waals surface area contributed by atoms with Gasteiger partial charge in [-0.3, -0.25) is 4.79 Å². The summed E-state index contributed by atoms with van der Waals surface area (Å²) in [6.45, 7) is 3.71. The highest BCUT2D eigenvalue weighted by Crippen LogP contribution is 2.36. The van der Waals surface area contributed by atoms with Crippen LogP contribution in [0.5, 0.6) is 5.88 Å². The number of ether oxygens (including phenoxy) is 1. The summed E-state index contributed by atoms with van der Waals surface area (Å²) in [5, 5.41) is 17.3. The smallest absolute Gasteiger partial charge is 0.309 e. The van der Waals surface area contributed by atoms with Crippen molar-refractivity contribution in [2.75, 3.05) is 20.2 Å². The maximum atomic E-state index is 11.9. The fraction of sp³-hybridized carbons (Fsp3) is 0.500. The van der Waals surface area contributed by atoms with Crippen LogP contribution in [0.2, 0.25) is 0 Å². The van der Waals surface area contributed by atoms with Crippen molar-refractivity contribution in [2.24, 2.45) is 5.92 Å². The number of aromatic hydroxyl groups is 1. The Balaban J connectivity index is 1.66. The van der Waals surface area contributed by atoms with E-state index in [-0.39, 0.29) is 23.8 Å². The number of esters is 1. The number of aromatic nitrogens is 3. The molecule has 1 aliphatic rings. The van der Waals surface area contributed by atoms with E-state index in [1.807, 2.05) is 13.0 Å². The van der Waals surface area contributed by atoms with Gasteiger partial charge in [-0.15, -0.1) is 16.4 Å². The normalized spacial score (nSPS) is 21.4. The number of methoxy groups -OCH3 is 1. The lowest BCUT2D eigenvalue weighted by molar-refractivity contribution is -0.930. The first-order valence-corrected chi connectivity index (χ1v) is 10.8. The van der Waals surface area contributed by atoms with E-state index in [1.54, 1.807) is 15.9 Å². The average molecular weight is 408 g/mol. The molecule has 0 amide bonds. The summed E-state index contributed by atoms with van der Waals surface area (Å²) in [7, 11) is 1.45. The molecule has 3 aromatic heterocycles. The van der Waals surface area contributed by atoms with E-state index in [0.717, 1.165) is 48.0 Å². The van der Waals surface area contributed by atoms with Crippen LogP contribution in [0.3, 0.4) is 0 Å². The molecule has 0 bridgehead atoms. The molecule has 0 radical (unpaired) electrons. The summed E-state index contributed by atoms with van der Waals surface area (Å²) in [5.74, 6) is 0.784. The van der Waals surface area contributed by atoms with E-state index in [9.17, 15) is 9.90 Å². The van der Waals surface area contributed by atoms with E-state index in [4.69, 9.17) is 4.74 Å². The standard InChI is InChI=1S/C18H22N4O3S2/c1-3-13-19-18-22(20-13)16(23)15(27-18)14(12-5-4-10-26-12)21-8-6-11(7-9-21)17(24)25-2/h4-5,10-11,14,23H,3,6-9H2,1-2H3/p+1/t14-/m1/s1. The maximum Gasteiger partial charge on any atom is 0.309 e. The molecule has 0 unspecified atom stereocenters. The molecular formula is C18H23N4O3S2+. The molecule has 27 heavy (non-hydrogen) atoms. The molecule has 1 saturated heterocycles. The van der Waals surface area contributed by atoms with Crippen LogP contribution in [-0.2, 0) is 16.0 Å². The predicted octanol–water partition coefficient (Wildman–Crippen LogP) is 1.68. The van der Waals surface area contributed by atoms with E-state index >= 15 is 0 Å². The summed E-state index contributed by atoms with van der Waals surface area (Å²) < 4.78 is 6.46. The van der Waals surface area contributed by atoms with E-state index < -0.39 is 0 Å². The van der Waals surface area contributed by atoms with Gasteiger partial charge in [-0.2, -0.15) is 4.52 Å². The second-order valence-electron chi connectivity index (χ2n) is 6.77. The van der Waals surface area contributed by atoms with Gasteiger partial charge < -0.3 is 14.7 Å². The molecule has 4 rings (SSSR count). The largest absolute Gasteiger partial charge is 0.492 e. The van der Waals surface area contributed by atoms with E-state index in [0.29, 0.717) is 0 Å². The number of nitrogens with one attached hydrogen (secondary N) is 1. The van der Waals surface area contributed by atoms with Crippen LogP contribution in [0.25, 0.3) is 4.96 Å². The molecule has 144 valence electrons. The number of likely N-dealkylation sites (tertiary alicyclic amines) is 1. The molecule has 0 aliphatic carbocycles. The second kappa shape index (κ2) is 7.57. The molecule has 1 aliphatic heterocycles. The van der Waals surface area contributed by atoms with Gasteiger partial charge in [-0.1, -0.05) is 24.3 Å². The number of aryl methyl sites for hydroxylation is 1. The number of carbonyl (C=O) groups is 1. The minimum Gasteiger partial charge on any atom is -0.492 e. The SMILES string of the molecule is CCc1nc2sc([C@@H](c3cccs3)[NH+]3CCC(C(=O)OC)CC3)c(O)n2n1. The highest BCUT2D eigenvalue weighted by Gasteiger charge is 2.37. The first-order valence-electron chi connectivity index (χ1n) is 9.15. The van der Waals surface area contributed by atoms with Crippen LogP contribution >= 0.6 is 22.7 Å². The Labute approximate surface area is 165 Å². The third-order valence-corrected chi connectivity index (χ3v) is 7.24. The monoisotopic (exact) mass is 407 g/mol. The van der Waals surface area contributed by atoms with Crippen molar-refractivity contribution in [1.29, 1.82) is 0 Å². The summed E-state index contributed by atoms with van der Waals surface area (Å²) in [5.41, 5.74) is 0. The van der Waals surface area contributed by atoms with Gasteiger partial charge in [0, 0.05) is 19.3 Å². The zero-order chi connectivity index (χ0) is 19.0. The van der Waals surface area contributed by atoms with Crippen LogP contribution in [0, 0.1) is 5.92 Å². The first-order chi connectivity index (χ1) is 13.1. The number of hydrogen-bond donors (Lipinski definition) is 2. The van der Waals surface area contributed by atoms with Crippen molar-refractivity contribution in [3.05, 3.63) is 33.1 Å². The Bertz CT molecular complexity index is 926. The van der Waals surface area contributed by atoms with Crippen molar-refractivity contribution >= 4 is 33.6 Å². The molecule has 1 atom stereocenters. The number of rotatable bonds is 5. The van der Waals surface area contributed by atoms with Crippen molar-refractivity contribution in [2.45, 2.75) is 32.2 Å². The Morgan fingerprint density at radius 2 is 2.26 bits per heavy atom. The molecule has 0 aromatic carbocycles. The number of hydrogen-bond acceptors (Lipinski definition) is 7. The Hall–Kier alpha value is -1.97. The van der Waals surface area contributed by atoms with Gasteiger partial charge in [-0.25, -0.2) is 4.98 Å². The predicted molar refractivity (Wildman–Crippen MR) is 104 cm³/mol. The number of piperidine rings is 1. The summed E-state index contributed by atoms with van der Waals surface area (Å²) in [4.78, 5) is 20.5. The second-order valence-corrected chi connectivity index (χ2v) is 8.76. The number of carbonyl (C=O) groups excluding carboxylic acids is 1. The number of thiazole rings is 1. The van der Waals surface area contributed by atoms with Crippen molar-refractivity contribution in [1.82, 2.24) is 14.6 Å². The van der Waals surface area contributed by atoms with Crippen LogP contribution in [0.1, 0.15) is 41.4 Å². The fourth-order valence-corrected chi connectivity index (χ4v) is 5.90. The molecule has 1 fully saturated rings. The molecule has 0 saturated carbocycles. The fourth-order valence-electron chi connectivity index (χ4n) is 3.78. The lowest BCUT2D eigenvalue weighted by Crippen LogP contribution is -3.13. The highest BCUT2D eigenvalue weighted by atomic mass is 32.1. The van der Waals surface area contributed by atoms with Crippen LogP contribution in [-0.4, -0.2) is 45.9 Å². The van der Waals surface area contributed by atoms with Gasteiger partial charge in [0.1, 0.15) is 4.88 Å². The number of quaternary nitrogens is 1. The lowest BCUT2D eigenvalue weighted by atomic mass is 9.95. The Morgan fingerprint density at radius 1 is 1.48 bits per heavy atom. The van der Waals surface area contributed by atoms with Gasteiger partial charge in [0.15, 0.2) is 11.9 Å². The Morgan fingerprint density at radius 3 is 2.85 bits per heavy atom. The molecule has 2 N–H and O–H groups in total. The van der Waals surface area contributed by atoms with Gasteiger partial charge in [0.25, 0.3) is 0 Å². The van der Waals surface area contributed by atoms with Crippen LogP contribution in [0.4, 0.5) is 0 Å². The zero-order valence-electron chi connectivity index (χ0n) is 15.3. The quantitative estimate of drug-likeness (QED) is 0.629. The van der Waals surface area contributed by atoms with Gasteiger partial charge >= 0.3 is 5.97 Å². The number of nitrogens with zero attached hydrogens (tertiary/aromatic N) is 3. The van der Waals surface area contributed by atoms with Crippen molar-refractivity contribution in [3.63, 3.8) is 0 Å². The number of thiophene rings is 1. The van der Waals surface area contributed by atoms with Crippen molar-refractivity contribution < 1.29 is 19.5 Å². The van der Waals surface area contributed by atoms with Gasteiger partial charge in [0.2, 0.25) is 10.8 Å². The minimum atomic E-state index is -0.115. The average Bonchev–Trinajstić information content (AvgIpc) is 3.41. The van der Waals surface area contributed by atoms with Crippen molar-refractivity contribution in [3.8, 4) is 5.88 Å². The third kappa shape index (κ3) is 3.35. The molecule has 9 heteroatoms. The van der Waals surface area contributed by atoms with E-state index in [2.05, 4.69) is 21.5 Å². The number of fused-ring (bicyclic) bond motifs is 1. The maximum absolute atomic E-state index is 11.9. The Kier molecular flexibility index (Phi) is 5.16. The van der Waals surface area contributed by atoms with Gasteiger partial charge in [-0.05, 0) is 11.4 Å². The lowest BCUT2D eigenvalue weighted by Gasteiger charge is -2.33. The topological polar surface area (TPSA) is 81.2 Å². The molecule has 7 nitrogen and oxygen atoms in total. The van der Waals surface area contributed by atoms with Crippen LogP contribution in [0.15, 0.2) is 17.5 Å². The summed E-state index contributed by atoms with van der Waals surface area (Å²) >= 11 is 3.20. The molecule has 3 aromatic rings. The molecule has 4 heterocycles. The summed E-state index contributed by atoms with van der Waals surface area (Å²) in [6, 6.07) is 4.18. The van der Waals surface area contributed by atoms with E-state index in [1.165, 1.54) is 28.2 Å². The van der Waals surface area contributed by atoms with Crippen LogP contribution < -0.4 is 4.90 Å². The molecule has 0 spiro atoms. The zero-order valence-corrected chi connectivity index (χ0v) is 17.0. The first kappa shape index (κ1) is 18.4.